The van der Waals surface area contributed by atoms with Gasteiger partial charge in [-0.2, -0.15) is 5.26 Å². The van der Waals surface area contributed by atoms with Gasteiger partial charge in [0.2, 0.25) is 0 Å². The molecule has 22 heavy (non-hydrogen) atoms. The van der Waals surface area contributed by atoms with Gasteiger partial charge in [0, 0.05) is 10.6 Å². The first-order valence-corrected chi connectivity index (χ1v) is 8.01. The molecule has 0 bridgehead atoms. The van der Waals surface area contributed by atoms with Crippen molar-refractivity contribution in [3.05, 3.63) is 63.1 Å². The van der Waals surface area contributed by atoms with E-state index in [2.05, 4.69) is 22.0 Å². The summed E-state index contributed by atoms with van der Waals surface area (Å²) in [5.74, 6) is 0.781. The zero-order valence-corrected chi connectivity index (χ0v) is 14.6. The predicted octanol–water partition coefficient (Wildman–Crippen LogP) is 5.95. The number of rotatable bonds is 4. The molecule has 0 fully saturated rings. The van der Waals surface area contributed by atoms with Crippen LogP contribution in [0.5, 0.6) is 5.75 Å². The summed E-state index contributed by atoms with van der Waals surface area (Å²) >= 11 is 9.65. The number of ether oxygens (including phenoxy) is 1. The fourth-order valence-electron chi connectivity index (χ4n) is 1.97. The molecule has 2 nitrogen and oxygen atoms in total. The number of nitrogens with zero attached hydrogens (tertiary/aromatic N) is 1. The summed E-state index contributed by atoms with van der Waals surface area (Å²) in [4.78, 5) is 0. The molecular weight excluding hydrogens is 362 g/mol. The molecule has 2 aromatic carbocycles. The fourth-order valence-corrected chi connectivity index (χ4v) is 2.70. The lowest BCUT2D eigenvalue weighted by atomic mass is 10.0. The van der Waals surface area contributed by atoms with E-state index in [4.69, 9.17) is 16.3 Å². The Morgan fingerprint density at radius 2 is 2.00 bits per heavy atom. The lowest BCUT2D eigenvalue weighted by molar-refractivity contribution is 0.241. The van der Waals surface area contributed by atoms with E-state index < -0.39 is 0 Å². The molecule has 0 unspecified atom stereocenters. The van der Waals surface area contributed by atoms with Crippen LogP contribution in [0.25, 0.3) is 11.6 Å². The molecule has 0 aliphatic carbocycles. The fraction of sp³-hybridized carbons (Fsp3) is 0.167. The standard InChI is InChI=1S/C18H15BrClNO/c1-12(2)22-18-8-7-13(10-16(18)19)9-14(11-21)15-5-3-4-6-17(15)20/h3-10,12H,1-2H3. The molecule has 112 valence electrons. The van der Waals surface area contributed by atoms with E-state index in [1.54, 1.807) is 6.07 Å². The number of benzene rings is 2. The average molecular weight is 377 g/mol. The molecule has 0 aliphatic heterocycles. The summed E-state index contributed by atoms with van der Waals surface area (Å²) in [5, 5.41) is 9.96. The number of hydrogen-bond donors (Lipinski definition) is 0. The monoisotopic (exact) mass is 375 g/mol. The Kier molecular flexibility index (Phi) is 5.65. The Labute approximate surface area is 144 Å². The first-order valence-electron chi connectivity index (χ1n) is 6.84. The van der Waals surface area contributed by atoms with Crippen molar-refractivity contribution < 1.29 is 4.74 Å². The summed E-state index contributed by atoms with van der Waals surface area (Å²) in [7, 11) is 0. The van der Waals surface area contributed by atoms with E-state index in [0.29, 0.717) is 10.6 Å². The molecule has 0 heterocycles. The van der Waals surface area contributed by atoms with Crippen LogP contribution in [0.4, 0.5) is 0 Å². The van der Waals surface area contributed by atoms with Crippen LogP contribution in [0, 0.1) is 11.3 Å². The third-order valence-corrected chi connectivity index (χ3v) is 3.86. The smallest absolute Gasteiger partial charge is 0.133 e. The van der Waals surface area contributed by atoms with Crippen molar-refractivity contribution in [2.75, 3.05) is 0 Å². The summed E-state index contributed by atoms with van der Waals surface area (Å²) in [5.41, 5.74) is 2.15. The maximum atomic E-state index is 9.39. The minimum Gasteiger partial charge on any atom is -0.490 e. The summed E-state index contributed by atoms with van der Waals surface area (Å²) in [6, 6.07) is 15.2. The maximum Gasteiger partial charge on any atom is 0.133 e. The second-order valence-electron chi connectivity index (χ2n) is 5.01. The topological polar surface area (TPSA) is 33.0 Å². The van der Waals surface area contributed by atoms with Crippen molar-refractivity contribution >= 4 is 39.2 Å². The van der Waals surface area contributed by atoms with E-state index in [9.17, 15) is 5.26 Å². The zero-order chi connectivity index (χ0) is 16.1. The number of halogens is 2. The summed E-state index contributed by atoms with van der Waals surface area (Å²) < 4.78 is 6.53. The van der Waals surface area contributed by atoms with Gasteiger partial charge in [-0.25, -0.2) is 0 Å². The highest BCUT2D eigenvalue weighted by atomic mass is 79.9. The number of nitriles is 1. The van der Waals surface area contributed by atoms with Gasteiger partial charge in [-0.05, 0) is 59.6 Å². The highest BCUT2D eigenvalue weighted by Gasteiger charge is 2.07. The molecule has 2 aromatic rings. The molecule has 0 N–H and O–H groups in total. The van der Waals surface area contributed by atoms with Crippen LogP contribution in [0.1, 0.15) is 25.0 Å². The minimum atomic E-state index is 0.107. The molecule has 0 atom stereocenters. The maximum absolute atomic E-state index is 9.39. The molecular formula is C18H15BrClNO. The van der Waals surface area contributed by atoms with Crippen molar-refractivity contribution in [3.8, 4) is 11.8 Å². The normalized spacial score (nSPS) is 11.4. The lowest BCUT2D eigenvalue weighted by Gasteiger charge is -2.12. The zero-order valence-electron chi connectivity index (χ0n) is 12.3. The van der Waals surface area contributed by atoms with Gasteiger partial charge in [-0.3, -0.25) is 0 Å². The Hall–Kier alpha value is -1.76. The van der Waals surface area contributed by atoms with Gasteiger partial charge in [0.1, 0.15) is 5.75 Å². The molecule has 0 amide bonds. The van der Waals surface area contributed by atoms with Crippen LogP contribution in [0.15, 0.2) is 46.9 Å². The largest absolute Gasteiger partial charge is 0.490 e. The number of hydrogen-bond acceptors (Lipinski definition) is 2. The second-order valence-corrected chi connectivity index (χ2v) is 6.27. The van der Waals surface area contributed by atoms with Crippen LogP contribution in [0.3, 0.4) is 0 Å². The van der Waals surface area contributed by atoms with E-state index >= 15 is 0 Å². The molecule has 0 aliphatic rings. The highest BCUT2D eigenvalue weighted by molar-refractivity contribution is 9.10. The lowest BCUT2D eigenvalue weighted by Crippen LogP contribution is -2.05. The van der Waals surface area contributed by atoms with Crippen molar-refractivity contribution in [2.45, 2.75) is 20.0 Å². The van der Waals surface area contributed by atoms with Crippen LogP contribution >= 0.6 is 27.5 Å². The van der Waals surface area contributed by atoms with E-state index in [1.807, 2.05) is 56.3 Å². The SMILES string of the molecule is CC(C)Oc1ccc(C=C(C#N)c2ccccc2Cl)cc1Br. The molecule has 2 rings (SSSR count). The number of allylic oxidation sites excluding steroid dienone is 1. The van der Waals surface area contributed by atoms with Gasteiger partial charge in [0.25, 0.3) is 0 Å². The Morgan fingerprint density at radius 1 is 1.27 bits per heavy atom. The van der Waals surface area contributed by atoms with Crippen LogP contribution in [-0.2, 0) is 0 Å². The van der Waals surface area contributed by atoms with E-state index in [1.165, 1.54) is 0 Å². The molecule has 0 radical (unpaired) electrons. The quantitative estimate of drug-likeness (QED) is 0.487. The third-order valence-electron chi connectivity index (χ3n) is 2.91. The van der Waals surface area contributed by atoms with Gasteiger partial charge >= 0.3 is 0 Å². The van der Waals surface area contributed by atoms with Crippen LogP contribution < -0.4 is 4.74 Å². The highest BCUT2D eigenvalue weighted by Crippen LogP contribution is 2.30. The first kappa shape index (κ1) is 16.6. The van der Waals surface area contributed by atoms with E-state index in [-0.39, 0.29) is 6.10 Å². The Morgan fingerprint density at radius 3 is 2.59 bits per heavy atom. The van der Waals surface area contributed by atoms with Crippen molar-refractivity contribution in [1.82, 2.24) is 0 Å². The Balaban J connectivity index is 2.37. The van der Waals surface area contributed by atoms with Crippen molar-refractivity contribution in [3.63, 3.8) is 0 Å². The average Bonchev–Trinajstić information content (AvgIpc) is 2.48. The first-order chi connectivity index (χ1) is 10.5. The summed E-state index contributed by atoms with van der Waals surface area (Å²) in [6.45, 7) is 3.96. The molecule has 0 aromatic heterocycles. The van der Waals surface area contributed by atoms with Gasteiger partial charge in [-0.1, -0.05) is 35.9 Å². The van der Waals surface area contributed by atoms with Crippen LogP contribution in [0.2, 0.25) is 5.02 Å². The predicted molar refractivity (Wildman–Crippen MR) is 94.8 cm³/mol. The van der Waals surface area contributed by atoms with Gasteiger partial charge in [0.15, 0.2) is 0 Å². The summed E-state index contributed by atoms with van der Waals surface area (Å²) in [6.07, 6.45) is 1.92. The van der Waals surface area contributed by atoms with Crippen molar-refractivity contribution in [1.29, 1.82) is 5.26 Å². The second kappa shape index (κ2) is 7.49. The van der Waals surface area contributed by atoms with Crippen LogP contribution in [-0.4, -0.2) is 6.10 Å². The molecule has 0 saturated carbocycles. The third kappa shape index (κ3) is 4.13. The van der Waals surface area contributed by atoms with E-state index in [0.717, 1.165) is 21.3 Å². The van der Waals surface area contributed by atoms with Crippen molar-refractivity contribution in [2.24, 2.45) is 0 Å². The van der Waals surface area contributed by atoms with Gasteiger partial charge in [-0.15, -0.1) is 0 Å². The van der Waals surface area contributed by atoms with Gasteiger partial charge < -0.3 is 4.74 Å². The molecule has 0 spiro atoms. The molecule has 4 heteroatoms. The minimum absolute atomic E-state index is 0.107. The van der Waals surface area contributed by atoms with Gasteiger partial charge in [0.05, 0.1) is 22.2 Å². The molecule has 0 saturated heterocycles. The Bertz CT molecular complexity index is 747.